The smallest absolute Gasteiger partial charge is 0.277 e. The molecule has 20 heavy (non-hydrogen) atoms. The number of nitrogens with zero attached hydrogens (tertiary/aromatic N) is 1. The Hall–Kier alpha value is -1.59. The molecule has 0 aliphatic heterocycles. The molecule has 0 N–H and O–H groups in total. The summed E-state index contributed by atoms with van der Waals surface area (Å²) in [6.45, 7) is 0.0573. The molecule has 0 aliphatic carbocycles. The lowest BCUT2D eigenvalue weighted by Crippen LogP contribution is -2.01. The van der Waals surface area contributed by atoms with Gasteiger partial charge in [0.2, 0.25) is 0 Å². The Morgan fingerprint density at radius 2 is 2.00 bits per heavy atom. The van der Waals surface area contributed by atoms with Gasteiger partial charge in [0.05, 0.1) is 15.5 Å². The van der Waals surface area contributed by atoms with Gasteiger partial charge in [0.1, 0.15) is 12.4 Å². The lowest BCUT2D eigenvalue weighted by atomic mass is 10.2. The Bertz CT molecular complexity index is 634. The highest BCUT2D eigenvalue weighted by Gasteiger charge is 2.17. The number of ether oxygens (including phenoxy) is 1. The van der Waals surface area contributed by atoms with E-state index in [2.05, 4.69) is 15.9 Å². The fourth-order valence-corrected chi connectivity index (χ4v) is 2.31. The standard InChI is InChI=1S/C14H11BrClNO3/c15-8-10-3-1-4-11(7-10)20-9-12-13(16)5-2-6-14(12)17(18)19/h1-7H,8-9H2. The van der Waals surface area contributed by atoms with Crippen molar-refractivity contribution >= 4 is 33.2 Å². The second-order valence-corrected chi connectivity index (χ2v) is 5.03. The molecule has 0 amide bonds. The average Bonchev–Trinajstić information content (AvgIpc) is 2.45. The van der Waals surface area contributed by atoms with Crippen molar-refractivity contribution < 1.29 is 9.66 Å². The van der Waals surface area contributed by atoms with Gasteiger partial charge in [-0.15, -0.1) is 0 Å². The summed E-state index contributed by atoms with van der Waals surface area (Å²) in [4.78, 5) is 10.5. The highest BCUT2D eigenvalue weighted by atomic mass is 79.9. The molecule has 0 atom stereocenters. The van der Waals surface area contributed by atoms with Gasteiger partial charge in [-0.05, 0) is 23.8 Å². The fraction of sp³-hybridized carbons (Fsp3) is 0.143. The molecular formula is C14H11BrClNO3. The molecule has 0 radical (unpaired) electrons. The van der Waals surface area contributed by atoms with Crippen molar-refractivity contribution in [1.29, 1.82) is 0 Å². The van der Waals surface area contributed by atoms with Crippen LogP contribution in [-0.2, 0) is 11.9 Å². The largest absolute Gasteiger partial charge is 0.489 e. The van der Waals surface area contributed by atoms with Crippen LogP contribution in [-0.4, -0.2) is 4.92 Å². The maximum Gasteiger partial charge on any atom is 0.277 e. The molecule has 104 valence electrons. The molecule has 0 fully saturated rings. The van der Waals surface area contributed by atoms with E-state index in [1.807, 2.05) is 18.2 Å². The Kier molecular flexibility index (Phi) is 4.98. The fourth-order valence-electron chi connectivity index (χ4n) is 1.74. The van der Waals surface area contributed by atoms with Gasteiger partial charge in [-0.25, -0.2) is 0 Å². The average molecular weight is 357 g/mol. The molecule has 0 saturated heterocycles. The van der Waals surface area contributed by atoms with Crippen LogP contribution in [0.5, 0.6) is 5.75 Å². The van der Waals surface area contributed by atoms with Crippen LogP contribution < -0.4 is 4.74 Å². The Morgan fingerprint density at radius 1 is 1.25 bits per heavy atom. The van der Waals surface area contributed by atoms with E-state index < -0.39 is 4.92 Å². The summed E-state index contributed by atoms with van der Waals surface area (Å²) in [6, 6.07) is 12.1. The van der Waals surface area contributed by atoms with Crippen LogP contribution in [0.15, 0.2) is 42.5 Å². The summed E-state index contributed by atoms with van der Waals surface area (Å²) in [5, 5.41) is 12.0. The maximum absolute atomic E-state index is 11.0. The zero-order valence-electron chi connectivity index (χ0n) is 10.4. The van der Waals surface area contributed by atoms with Gasteiger partial charge in [0, 0.05) is 11.4 Å². The number of nitro benzene ring substituents is 1. The number of nitro groups is 1. The van der Waals surface area contributed by atoms with Gasteiger partial charge in [-0.2, -0.15) is 0 Å². The summed E-state index contributed by atoms with van der Waals surface area (Å²) in [5.41, 5.74) is 1.41. The van der Waals surface area contributed by atoms with Gasteiger partial charge >= 0.3 is 0 Å². The van der Waals surface area contributed by atoms with Crippen molar-refractivity contribution in [3.8, 4) is 5.75 Å². The van der Waals surface area contributed by atoms with E-state index in [1.54, 1.807) is 18.2 Å². The molecule has 0 aromatic heterocycles. The van der Waals surface area contributed by atoms with Gasteiger partial charge in [-0.1, -0.05) is 45.7 Å². The van der Waals surface area contributed by atoms with E-state index >= 15 is 0 Å². The highest BCUT2D eigenvalue weighted by molar-refractivity contribution is 9.08. The third kappa shape index (κ3) is 3.49. The van der Waals surface area contributed by atoms with Crippen molar-refractivity contribution in [1.82, 2.24) is 0 Å². The quantitative estimate of drug-likeness (QED) is 0.442. The second kappa shape index (κ2) is 6.72. The summed E-state index contributed by atoms with van der Waals surface area (Å²) in [7, 11) is 0. The molecule has 0 heterocycles. The van der Waals surface area contributed by atoms with E-state index in [0.717, 1.165) is 10.9 Å². The number of rotatable bonds is 5. The Balaban J connectivity index is 2.20. The van der Waals surface area contributed by atoms with Crippen molar-refractivity contribution in [2.45, 2.75) is 11.9 Å². The van der Waals surface area contributed by atoms with Gasteiger partial charge in [0.25, 0.3) is 5.69 Å². The predicted molar refractivity (Wildman–Crippen MR) is 81.5 cm³/mol. The molecule has 6 heteroatoms. The normalized spacial score (nSPS) is 10.3. The van der Waals surface area contributed by atoms with Crippen LogP contribution in [0.1, 0.15) is 11.1 Å². The number of hydrogen-bond donors (Lipinski definition) is 0. The van der Waals surface area contributed by atoms with E-state index in [-0.39, 0.29) is 12.3 Å². The molecule has 2 rings (SSSR count). The van der Waals surface area contributed by atoms with Gasteiger partial charge < -0.3 is 4.74 Å². The lowest BCUT2D eigenvalue weighted by Gasteiger charge is -2.09. The van der Waals surface area contributed by atoms with Crippen LogP contribution in [0, 0.1) is 10.1 Å². The number of halogens is 2. The maximum atomic E-state index is 11.0. The topological polar surface area (TPSA) is 52.4 Å². The molecule has 0 aliphatic rings. The molecule has 4 nitrogen and oxygen atoms in total. The number of hydrogen-bond acceptors (Lipinski definition) is 3. The molecule has 2 aromatic carbocycles. The van der Waals surface area contributed by atoms with Crippen LogP contribution in [0.25, 0.3) is 0 Å². The molecular weight excluding hydrogens is 346 g/mol. The number of alkyl halides is 1. The van der Waals surface area contributed by atoms with Gasteiger partial charge in [0.15, 0.2) is 0 Å². The van der Waals surface area contributed by atoms with Crippen molar-refractivity contribution in [2.75, 3.05) is 0 Å². The highest BCUT2D eigenvalue weighted by Crippen LogP contribution is 2.27. The van der Waals surface area contributed by atoms with E-state index in [1.165, 1.54) is 6.07 Å². The Labute approximate surface area is 129 Å². The van der Waals surface area contributed by atoms with E-state index in [9.17, 15) is 10.1 Å². The molecule has 0 saturated carbocycles. The van der Waals surface area contributed by atoms with E-state index in [0.29, 0.717) is 16.3 Å². The van der Waals surface area contributed by atoms with Gasteiger partial charge in [-0.3, -0.25) is 10.1 Å². The molecule has 0 spiro atoms. The molecule has 0 bridgehead atoms. The lowest BCUT2D eigenvalue weighted by molar-refractivity contribution is -0.385. The van der Waals surface area contributed by atoms with Crippen molar-refractivity contribution in [3.05, 3.63) is 68.7 Å². The van der Waals surface area contributed by atoms with Crippen LogP contribution in [0.4, 0.5) is 5.69 Å². The molecule has 0 unspecified atom stereocenters. The minimum Gasteiger partial charge on any atom is -0.489 e. The molecule has 2 aromatic rings. The second-order valence-electron chi connectivity index (χ2n) is 4.06. The monoisotopic (exact) mass is 355 g/mol. The Morgan fingerprint density at radius 3 is 2.70 bits per heavy atom. The minimum absolute atomic E-state index is 0.0332. The van der Waals surface area contributed by atoms with Crippen molar-refractivity contribution in [3.63, 3.8) is 0 Å². The first-order valence-corrected chi connectivity index (χ1v) is 7.31. The zero-order chi connectivity index (χ0) is 14.5. The van der Waals surface area contributed by atoms with E-state index in [4.69, 9.17) is 16.3 Å². The summed E-state index contributed by atoms with van der Waals surface area (Å²) in [6.07, 6.45) is 0. The van der Waals surface area contributed by atoms with Crippen LogP contribution in [0.2, 0.25) is 5.02 Å². The summed E-state index contributed by atoms with van der Waals surface area (Å²) in [5.74, 6) is 0.649. The first kappa shape index (κ1) is 14.8. The minimum atomic E-state index is -0.459. The summed E-state index contributed by atoms with van der Waals surface area (Å²) >= 11 is 9.37. The van der Waals surface area contributed by atoms with Crippen LogP contribution in [0.3, 0.4) is 0 Å². The SMILES string of the molecule is O=[N+]([O-])c1cccc(Cl)c1COc1cccc(CBr)c1. The first-order valence-electron chi connectivity index (χ1n) is 5.81. The summed E-state index contributed by atoms with van der Waals surface area (Å²) < 4.78 is 5.60. The first-order chi connectivity index (χ1) is 9.61. The third-order valence-electron chi connectivity index (χ3n) is 2.73. The zero-order valence-corrected chi connectivity index (χ0v) is 12.7. The third-order valence-corrected chi connectivity index (χ3v) is 3.73. The number of benzene rings is 2. The predicted octanol–water partition coefficient (Wildman–Crippen LogP) is 4.72. The van der Waals surface area contributed by atoms with Crippen LogP contribution >= 0.6 is 27.5 Å². The van der Waals surface area contributed by atoms with Crippen molar-refractivity contribution in [2.24, 2.45) is 0 Å².